The molecule has 2 nitrogen and oxygen atoms in total. The van der Waals surface area contributed by atoms with Crippen LogP contribution < -0.4 is 0 Å². The van der Waals surface area contributed by atoms with Crippen molar-refractivity contribution in [1.82, 2.24) is 0 Å². The Hall–Kier alpha value is -0.790. The van der Waals surface area contributed by atoms with Gasteiger partial charge in [0, 0.05) is 12.1 Å². The molecular weight excluding hydrogens is 138 g/mol. The van der Waals surface area contributed by atoms with Crippen molar-refractivity contribution < 1.29 is 4.84 Å². The lowest BCUT2D eigenvalue weighted by Gasteiger charge is -2.10. The highest BCUT2D eigenvalue weighted by molar-refractivity contribution is 5.62. The monoisotopic (exact) mass is 151 g/mol. The number of oxime groups is 1. The first-order valence-electron chi connectivity index (χ1n) is 4.15. The van der Waals surface area contributed by atoms with Crippen LogP contribution in [0.2, 0.25) is 0 Å². The van der Waals surface area contributed by atoms with Crippen LogP contribution in [-0.4, -0.2) is 13.3 Å². The topological polar surface area (TPSA) is 21.6 Å². The molecule has 0 saturated heterocycles. The van der Waals surface area contributed by atoms with E-state index in [4.69, 9.17) is 0 Å². The number of nitrogens with zero attached hydrogens (tertiary/aromatic N) is 1. The average Bonchev–Trinajstić information content (AvgIpc) is 2.60. The largest absolute Gasteiger partial charge is 0.399 e. The van der Waals surface area contributed by atoms with E-state index in [1.165, 1.54) is 12.8 Å². The third-order valence-corrected chi connectivity index (χ3v) is 2.69. The lowest BCUT2D eigenvalue weighted by Crippen LogP contribution is -2.07. The molecule has 0 aromatic rings. The zero-order chi connectivity index (χ0) is 7.68. The second kappa shape index (κ2) is 2.68. The third kappa shape index (κ3) is 1.17. The van der Waals surface area contributed by atoms with Gasteiger partial charge in [0.2, 0.25) is 0 Å². The van der Waals surface area contributed by atoms with Crippen LogP contribution in [0, 0.1) is 17.8 Å². The lowest BCUT2D eigenvalue weighted by molar-refractivity contribution is 0.212. The first kappa shape index (κ1) is 6.89. The molecule has 2 aliphatic rings. The van der Waals surface area contributed by atoms with Crippen molar-refractivity contribution in [3.05, 3.63) is 12.2 Å². The Bertz CT molecular complexity index is 198. The molecule has 0 heterocycles. The van der Waals surface area contributed by atoms with Gasteiger partial charge in [-0.1, -0.05) is 17.3 Å². The van der Waals surface area contributed by atoms with Gasteiger partial charge in [0.05, 0.1) is 0 Å². The highest BCUT2D eigenvalue weighted by Crippen LogP contribution is 2.42. The number of hydrogen-bond acceptors (Lipinski definition) is 2. The maximum Gasteiger partial charge on any atom is 0.106 e. The van der Waals surface area contributed by atoms with E-state index in [1.54, 1.807) is 7.11 Å². The van der Waals surface area contributed by atoms with E-state index in [9.17, 15) is 0 Å². The van der Waals surface area contributed by atoms with Gasteiger partial charge in [-0.05, 0) is 24.7 Å². The van der Waals surface area contributed by atoms with Gasteiger partial charge in [-0.3, -0.25) is 0 Å². The summed E-state index contributed by atoms with van der Waals surface area (Å²) >= 11 is 0. The van der Waals surface area contributed by atoms with Gasteiger partial charge in [-0.15, -0.1) is 0 Å². The van der Waals surface area contributed by atoms with Crippen LogP contribution in [-0.2, 0) is 4.84 Å². The summed E-state index contributed by atoms with van der Waals surface area (Å²) in [6, 6.07) is 0. The molecular formula is C9H13NO. The molecule has 3 atom stereocenters. The molecule has 0 aromatic heterocycles. The smallest absolute Gasteiger partial charge is 0.106 e. The number of rotatable bonds is 2. The average molecular weight is 151 g/mol. The minimum atomic E-state index is 0.643. The van der Waals surface area contributed by atoms with E-state index >= 15 is 0 Å². The molecule has 2 rings (SSSR count). The van der Waals surface area contributed by atoms with E-state index in [0.29, 0.717) is 5.92 Å². The number of hydrogen-bond donors (Lipinski definition) is 0. The minimum absolute atomic E-state index is 0.643. The van der Waals surface area contributed by atoms with Crippen LogP contribution in [0.4, 0.5) is 0 Å². The standard InChI is InChI=1S/C9H13NO/c1-11-10-6-9-5-7-2-3-8(9)4-7/h2-3,6-9H,4-5H2,1H3/b10-6+/t7?,8-,9?/m1/s1. The van der Waals surface area contributed by atoms with Crippen LogP contribution in [0.1, 0.15) is 12.8 Å². The van der Waals surface area contributed by atoms with Crippen molar-refractivity contribution in [2.45, 2.75) is 12.8 Å². The molecule has 2 aliphatic carbocycles. The Balaban J connectivity index is 1.98. The van der Waals surface area contributed by atoms with Gasteiger partial charge >= 0.3 is 0 Å². The maximum atomic E-state index is 4.66. The van der Waals surface area contributed by atoms with Crippen molar-refractivity contribution in [3.8, 4) is 0 Å². The minimum Gasteiger partial charge on any atom is -0.399 e. The van der Waals surface area contributed by atoms with Gasteiger partial charge in [-0.25, -0.2) is 0 Å². The maximum absolute atomic E-state index is 4.66. The van der Waals surface area contributed by atoms with Crippen LogP contribution in [0.5, 0.6) is 0 Å². The second-order valence-corrected chi connectivity index (χ2v) is 3.38. The summed E-state index contributed by atoms with van der Waals surface area (Å²) in [6.07, 6.45) is 9.21. The van der Waals surface area contributed by atoms with Crippen molar-refractivity contribution in [2.75, 3.05) is 7.11 Å². The fourth-order valence-corrected chi connectivity index (χ4v) is 2.13. The SMILES string of the molecule is CO/N=C/C1CC2C=C[C@@H]1C2. The second-order valence-electron chi connectivity index (χ2n) is 3.38. The van der Waals surface area contributed by atoms with Crippen LogP contribution in [0.3, 0.4) is 0 Å². The third-order valence-electron chi connectivity index (χ3n) is 2.69. The summed E-state index contributed by atoms with van der Waals surface area (Å²) in [4.78, 5) is 4.66. The zero-order valence-corrected chi connectivity index (χ0v) is 6.73. The molecule has 2 unspecified atom stereocenters. The fraction of sp³-hybridized carbons (Fsp3) is 0.667. The highest BCUT2D eigenvalue weighted by atomic mass is 16.6. The highest BCUT2D eigenvalue weighted by Gasteiger charge is 2.34. The Morgan fingerprint density at radius 2 is 2.36 bits per heavy atom. The molecule has 0 radical (unpaired) electrons. The predicted molar refractivity (Wildman–Crippen MR) is 44.3 cm³/mol. The molecule has 1 fully saturated rings. The Kier molecular flexibility index (Phi) is 1.68. The summed E-state index contributed by atoms with van der Waals surface area (Å²) in [5, 5.41) is 3.81. The quantitative estimate of drug-likeness (QED) is 0.335. The number of fused-ring (bicyclic) bond motifs is 2. The van der Waals surface area contributed by atoms with E-state index in [2.05, 4.69) is 22.1 Å². The van der Waals surface area contributed by atoms with E-state index < -0.39 is 0 Å². The summed E-state index contributed by atoms with van der Waals surface area (Å²) in [6.45, 7) is 0. The Morgan fingerprint density at radius 3 is 2.91 bits per heavy atom. The normalized spacial score (nSPS) is 40.6. The molecule has 0 N–H and O–H groups in total. The summed E-state index contributed by atoms with van der Waals surface area (Å²) in [5.41, 5.74) is 0. The van der Waals surface area contributed by atoms with Crippen molar-refractivity contribution in [1.29, 1.82) is 0 Å². The molecule has 2 bridgehead atoms. The molecule has 0 spiro atoms. The first-order valence-corrected chi connectivity index (χ1v) is 4.15. The molecule has 2 heteroatoms. The summed E-state index contributed by atoms with van der Waals surface area (Å²) in [7, 11) is 1.60. The van der Waals surface area contributed by atoms with Crippen LogP contribution >= 0.6 is 0 Å². The van der Waals surface area contributed by atoms with Gasteiger partial charge in [0.15, 0.2) is 0 Å². The van der Waals surface area contributed by atoms with Gasteiger partial charge in [-0.2, -0.15) is 0 Å². The molecule has 0 aromatic carbocycles. The lowest BCUT2D eigenvalue weighted by atomic mass is 9.95. The van der Waals surface area contributed by atoms with Gasteiger partial charge in [0.1, 0.15) is 7.11 Å². The van der Waals surface area contributed by atoms with Crippen molar-refractivity contribution in [2.24, 2.45) is 22.9 Å². The molecule has 0 amide bonds. The van der Waals surface area contributed by atoms with Crippen molar-refractivity contribution in [3.63, 3.8) is 0 Å². The first-order chi connectivity index (χ1) is 5.40. The zero-order valence-electron chi connectivity index (χ0n) is 6.73. The molecule has 0 aliphatic heterocycles. The van der Waals surface area contributed by atoms with E-state index in [1.807, 2.05) is 6.21 Å². The Morgan fingerprint density at radius 1 is 1.45 bits per heavy atom. The summed E-state index contributed by atoms with van der Waals surface area (Å²) < 4.78 is 0. The van der Waals surface area contributed by atoms with Gasteiger partial charge < -0.3 is 4.84 Å². The summed E-state index contributed by atoms with van der Waals surface area (Å²) in [5.74, 6) is 2.22. The fourth-order valence-electron chi connectivity index (χ4n) is 2.13. The predicted octanol–water partition coefficient (Wildman–Crippen LogP) is 1.83. The van der Waals surface area contributed by atoms with E-state index in [-0.39, 0.29) is 0 Å². The van der Waals surface area contributed by atoms with Crippen LogP contribution in [0.25, 0.3) is 0 Å². The molecule has 11 heavy (non-hydrogen) atoms. The van der Waals surface area contributed by atoms with Crippen molar-refractivity contribution >= 4 is 6.21 Å². The van der Waals surface area contributed by atoms with E-state index in [0.717, 1.165) is 11.8 Å². The van der Waals surface area contributed by atoms with Crippen LogP contribution in [0.15, 0.2) is 17.3 Å². The molecule has 1 saturated carbocycles. The number of allylic oxidation sites excluding steroid dienone is 2. The molecule has 60 valence electrons. The Labute approximate surface area is 66.9 Å². The van der Waals surface area contributed by atoms with Gasteiger partial charge in [0.25, 0.3) is 0 Å².